The van der Waals surface area contributed by atoms with Crippen LogP contribution in [-0.4, -0.2) is 50.1 Å². The van der Waals surface area contributed by atoms with Gasteiger partial charge in [-0.15, -0.1) is 24.0 Å². The van der Waals surface area contributed by atoms with Gasteiger partial charge >= 0.3 is 0 Å². The Bertz CT molecular complexity index is 464. The lowest BCUT2D eigenvalue weighted by Crippen LogP contribution is -2.38. The van der Waals surface area contributed by atoms with E-state index in [1.54, 1.807) is 0 Å². The molecule has 0 radical (unpaired) electrons. The van der Waals surface area contributed by atoms with E-state index in [4.69, 9.17) is 4.99 Å². The van der Waals surface area contributed by atoms with E-state index in [2.05, 4.69) is 59.7 Å². The highest BCUT2D eigenvalue weighted by molar-refractivity contribution is 14.0. The van der Waals surface area contributed by atoms with Crippen LogP contribution in [0.3, 0.4) is 0 Å². The highest BCUT2D eigenvalue weighted by Gasteiger charge is 2.21. The molecule has 136 valence electrons. The van der Waals surface area contributed by atoms with E-state index in [1.807, 2.05) is 0 Å². The number of aliphatic imine (C=N–C) groups is 1. The first kappa shape index (κ1) is 21.2. The highest BCUT2D eigenvalue weighted by atomic mass is 127. The van der Waals surface area contributed by atoms with Gasteiger partial charge in [0.15, 0.2) is 5.96 Å². The van der Waals surface area contributed by atoms with Gasteiger partial charge in [-0.25, -0.2) is 0 Å². The van der Waals surface area contributed by atoms with Crippen LogP contribution >= 0.6 is 24.0 Å². The molecule has 0 aliphatic carbocycles. The lowest BCUT2D eigenvalue weighted by molar-refractivity contribution is 0.329. The van der Waals surface area contributed by atoms with E-state index in [9.17, 15) is 0 Å². The van der Waals surface area contributed by atoms with Crippen molar-refractivity contribution < 1.29 is 0 Å². The fourth-order valence-corrected chi connectivity index (χ4v) is 3.00. The first-order valence-corrected chi connectivity index (χ1v) is 9.10. The van der Waals surface area contributed by atoms with Crippen LogP contribution in [0.25, 0.3) is 0 Å². The summed E-state index contributed by atoms with van der Waals surface area (Å²) in [4.78, 5) is 7.34. The summed E-state index contributed by atoms with van der Waals surface area (Å²) >= 11 is 0. The second kappa shape index (κ2) is 12.5. The van der Waals surface area contributed by atoms with E-state index in [1.165, 1.54) is 31.6 Å². The van der Waals surface area contributed by atoms with Gasteiger partial charge in [0.1, 0.15) is 0 Å². The first-order valence-electron chi connectivity index (χ1n) is 9.10. The Balaban J connectivity index is 0.00000288. The predicted molar refractivity (Wildman–Crippen MR) is 114 cm³/mol. The average Bonchev–Trinajstić information content (AvgIpc) is 3.04. The van der Waals surface area contributed by atoms with E-state index in [0.29, 0.717) is 5.92 Å². The first-order chi connectivity index (χ1) is 11.3. The molecule has 4 nitrogen and oxygen atoms in total. The van der Waals surface area contributed by atoms with Crippen LogP contribution in [0.5, 0.6) is 0 Å². The fraction of sp³-hybridized carbons (Fsp3) is 0.632. The van der Waals surface area contributed by atoms with Gasteiger partial charge < -0.3 is 15.5 Å². The maximum absolute atomic E-state index is 4.75. The molecule has 0 amide bonds. The van der Waals surface area contributed by atoms with Crippen molar-refractivity contribution in [2.75, 3.05) is 39.3 Å². The number of benzene rings is 1. The Labute approximate surface area is 164 Å². The Morgan fingerprint density at radius 3 is 2.71 bits per heavy atom. The molecule has 0 saturated carbocycles. The minimum Gasteiger partial charge on any atom is -0.357 e. The molecule has 0 aromatic heterocycles. The number of halogens is 1. The summed E-state index contributed by atoms with van der Waals surface area (Å²) in [6, 6.07) is 10.8. The van der Waals surface area contributed by atoms with Crippen molar-refractivity contribution >= 4 is 29.9 Å². The summed E-state index contributed by atoms with van der Waals surface area (Å²) < 4.78 is 0. The van der Waals surface area contributed by atoms with Gasteiger partial charge in [0.2, 0.25) is 0 Å². The van der Waals surface area contributed by atoms with Gasteiger partial charge in [0.05, 0.1) is 0 Å². The number of guanidine groups is 1. The third-order valence-electron chi connectivity index (χ3n) is 4.32. The van der Waals surface area contributed by atoms with E-state index in [-0.39, 0.29) is 24.0 Å². The monoisotopic (exact) mass is 444 g/mol. The molecule has 1 aromatic rings. The molecule has 1 saturated heterocycles. The van der Waals surface area contributed by atoms with Gasteiger partial charge in [0, 0.05) is 32.7 Å². The van der Waals surface area contributed by atoms with Crippen LogP contribution in [0.15, 0.2) is 35.3 Å². The number of nitrogens with one attached hydrogen (secondary N) is 2. The topological polar surface area (TPSA) is 39.7 Å². The summed E-state index contributed by atoms with van der Waals surface area (Å²) in [6.07, 6.45) is 3.55. The molecule has 1 fully saturated rings. The van der Waals surface area contributed by atoms with Crippen molar-refractivity contribution in [3.63, 3.8) is 0 Å². The van der Waals surface area contributed by atoms with Crippen molar-refractivity contribution in [3.05, 3.63) is 35.9 Å². The van der Waals surface area contributed by atoms with Gasteiger partial charge in [-0.05, 0) is 44.2 Å². The summed E-state index contributed by atoms with van der Waals surface area (Å²) in [7, 11) is 0. The molecule has 1 unspecified atom stereocenters. The molecule has 1 aliphatic heterocycles. The van der Waals surface area contributed by atoms with Crippen molar-refractivity contribution in [2.24, 2.45) is 10.9 Å². The number of hydrogen-bond donors (Lipinski definition) is 2. The second-order valence-corrected chi connectivity index (χ2v) is 6.34. The summed E-state index contributed by atoms with van der Waals surface area (Å²) in [5.41, 5.74) is 1.44. The Morgan fingerprint density at radius 1 is 1.21 bits per heavy atom. The van der Waals surface area contributed by atoms with Crippen LogP contribution in [-0.2, 0) is 6.42 Å². The van der Waals surface area contributed by atoms with Crippen LogP contribution in [0, 0.1) is 5.92 Å². The number of nitrogens with zero attached hydrogens (tertiary/aromatic N) is 2. The van der Waals surface area contributed by atoms with Crippen LogP contribution in [0.4, 0.5) is 0 Å². The molecule has 0 spiro atoms. The van der Waals surface area contributed by atoms with E-state index in [0.717, 1.165) is 38.4 Å². The highest BCUT2D eigenvalue weighted by Crippen LogP contribution is 2.17. The maximum Gasteiger partial charge on any atom is 0.191 e. The molecular weight excluding hydrogens is 411 g/mol. The third-order valence-corrected chi connectivity index (χ3v) is 4.32. The Kier molecular flexibility index (Phi) is 11.1. The summed E-state index contributed by atoms with van der Waals surface area (Å²) in [6.45, 7) is 10.7. The second-order valence-electron chi connectivity index (χ2n) is 6.34. The molecule has 1 atom stereocenters. The molecule has 2 N–H and O–H groups in total. The van der Waals surface area contributed by atoms with Crippen LogP contribution in [0.2, 0.25) is 0 Å². The van der Waals surface area contributed by atoms with Crippen molar-refractivity contribution in [1.82, 2.24) is 15.5 Å². The molecule has 24 heavy (non-hydrogen) atoms. The quantitative estimate of drug-likeness (QED) is 0.368. The van der Waals surface area contributed by atoms with Crippen molar-refractivity contribution in [1.29, 1.82) is 0 Å². The molecule has 1 aromatic carbocycles. The van der Waals surface area contributed by atoms with Gasteiger partial charge in [0.25, 0.3) is 0 Å². The van der Waals surface area contributed by atoms with E-state index < -0.39 is 0 Å². The SMILES string of the molecule is CCCNC(=NCC1CCN(CCc2ccccc2)C1)NCC.I. The predicted octanol–water partition coefficient (Wildman–Crippen LogP) is 3.13. The van der Waals surface area contributed by atoms with Crippen LogP contribution in [0.1, 0.15) is 32.3 Å². The smallest absolute Gasteiger partial charge is 0.191 e. The van der Waals surface area contributed by atoms with Crippen LogP contribution < -0.4 is 10.6 Å². The molecule has 5 heteroatoms. The molecular formula is C19H33IN4. The molecule has 1 aliphatic rings. The van der Waals surface area contributed by atoms with Crippen molar-refractivity contribution in [2.45, 2.75) is 33.1 Å². The molecule has 0 bridgehead atoms. The zero-order valence-electron chi connectivity index (χ0n) is 15.1. The van der Waals surface area contributed by atoms with Gasteiger partial charge in [-0.2, -0.15) is 0 Å². The lowest BCUT2D eigenvalue weighted by Gasteiger charge is -2.16. The third kappa shape index (κ3) is 7.83. The number of rotatable bonds is 8. The molecule has 1 heterocycles. The summed E-state index contributed by atoms with van der Waals surface area (Å²) in [5.74, 6) is 1.67. The minimum atomic E-state index is 0. The Morgan fingerprint density at radius 2 is 2.00 bits per heavy atom. The largest absolute Gasteiger partial charge is 0.357 e. The minimum absolute atomic E-state index is 0. The number of hydrogen-bond acceptors (Lipinski definition) is 2. The van der Waals surface area contributed by atoms with E-state index >= 15 is 0 Å². The normalized spacial score (nSPS) is 18.2. The van der Waals surface area contributed by atoms with Crippen molar-refractivity contribution in [3.8, 4) is 0 Å². The van der Waals surface area contributed by atoms with Gasteiger partial charge in [-0.1, -0.05) is 37.3 Å². The lowest BCUT2D eigenvalue weighted by atomic mass is 10.1. The maximum atomic E-state index is 4.75. The number of likely N-dealkylation sites (tertiary alicyclic amines) is 1. The average molecular weight is 444 g/mol. The zero-order chi connectivity index (χ0) is 16.3. The summed E-state index contributed by atoms with van der Waals surface area (Å²) in [5, 5.41) is 6.70. The van der Waals surface area contributed by atoms with Gasteiger partial charge in [-0.3, -0.25) is 4.99 Å². The fourth-order valence-electron chi connectivity index (χ4n) is 3.00. The standard InChI is InChI=1S/C19H32N4.HI/c1-3-12-21-19(20-4-2)22-15-18-11-14-23(16-18)13-10-17-8-6-5-7-9-17;/h5-9,18H,3-4,10-16H2,1-2H3,(H2,20,21,22);1H. The Hall–Kier alpha value is -0.820. The molecule has 2 rings (SSSR count). The zero-order valence-corrected chi connectivity index (χ0v) is 17.5.